The molecule has 0 radical (unpaired) electrons. The zero-order valence-electron chi connectivity index (χ0n) is 6.99. The van der Waals surface area contributed by atoms with Gasteiger partial charge in [-0.2, -0.15) is 0 Å². The second-order valence-electron chi connectivity index (χ2n) is 3.13. The molecule has 4 heteroatoms. The molecule has 1 aliphatic rings. The maximum absolute atomic E-state index is 11.3. The standard InChI is InChI=1S/C9H9NO3/c11-8-5-6(9(12)13)4-7-2-1-3-10(7)8/h4-5H,1-3H2,(H,12,13). The summed E-state index contributed by atoms with van der Waals surface area (Å²) in [6, 6.07) is 2.76. The fourth-order valence-corrected chi connectivity index (χ4v) is 1.65. The second-order valence-corrected chi connectivity index (χ2v) is 3.13. The number of fused-ring (bicyclic) bond motifs is 1. The predicted molar refractivity (Wildman–Crippen MR) is 46.0 cm³/mol. The highest BCUT2D eigenvalue weighted by Gasteiger charge is 2.14. The van der Waals surface area contributed by atoms with Gasteiger partial charge in [0.05, 0.1) is 5.56 Å². The molecule has 1 N–H and O–H groups in total. The van der Waals surface area contributed by atoms with Gasteiger partial charge in [0.2, 0.25) is 0 Å². The third-order valence-electron chi connectivity index (χ3n) is 2.28. The van der Waals surface area contributed by atoms with Crippen molar-refractivity contribution in [1.29, 1.82) is 0 Å². The molecule has 68 valence electrons. The number of nitrogens with zero attached hydrogens (tertiary/aromatic N) is 1. The Kier molecular flexibility index (Phi) is 1.69. The lowest BCUT2D eigenvalue weighted by Gasteiger charge is -2.02. The van der Waals surface area contributed by atoms with Crippen LogP contribution >= 0.6 is 0 Å². The Morgan fingerprint density at radius 1 is 1.46 bits per heavy atom. The third-order valence-corrected chi connectivity index (χ3v) is 2.28. The average Bonchev–Trinajstić information content (AvgIpc) is 2.51. The van der Waals surface area contributed by atoms with Crippen molar-refractivity contribution in [3.05, 3.63) is 33.7 Å². The number of hydrogen-bond donors (Lipinski definition) is 1. The van der Waals surface area contributed by atoms with Crippen LogP contribution in [0.5, 0.6) is 0 Å². The van der Waals surface area contributed by atoms with Gasteiger partial charge in [-0.25, -0.2) is 4.79 Å². The monoisotopic (exact) mass is 179 g/mol. The van der Waals surface area contributed by atoms with Crippen LogP contribution in [-0.2, 0) is 13.0 Å². The highest BCUT2D eigenvalue weighted by molar-refractivity contribution is 5.87. The van der Waals surface area contributed by atoms with Crippen molar-refractivity contribution in [2.45, 2.75) is 19.4 Å². The lowest BCUT2D eigenvalue weighted by atomic mass is 10.2. The number of carboxylic acid groups (broad SMARTS) is 1. The molecule has 0 aromatic carbocycles. The van der Waals surface area contributed by atoms with E-state index in [0.717, 1.165) is 18.5 Å². The summed E-state index contributed by atoms with van der Waals surface area (Å²) >= 11 is 0. The summed E-state index contributed by atoms with van der Waals surface area (Å²) in [6.45, 7) is 0.716. The van der Waals surface area contributed by atoms with Gasteiger partial charge >= 0.3 is 5.97 Å². The largest absolute Gasteiger partial charge is 0.478 e. The molecule has 0 saturated heterocycles. The van der Waals surface area contributed by atoms with E-state index in [0.29, 0.717) is 6.54 Å². The number of aryl methyl sites for hydroxylation is 1. The zero-order chi connectivity index (χ0) is 9.42. The highest BCUT2D eigenvalue weighted by atomic mass is 16.4. The van der Waals surface area contributed by atoms with Crippen LogP contribution in [0.3, 0.4) is 0 Å². The highest BCUT2D eigenvalue weighted by Crippen LogP contribution is 2.12. The molecule has 1 aromatic heterocycles. The molecule has 0 fully saturated rings. The number of hydrogen-bond acceptors (Lipinski definition) is 2. The molecular formula is C9H9NO3. The third kappa shape index (κ3) is 1.24. The van der Waals surface area contributed by atoms with Gasteiger partial charge in [0.1, 0.15) is 0 Å². The number of aromatic nitrogens is 1. The van der Waals surface area contributed by atoms with Crippen LogP contribution in [0.25, 0.3) is 0 Å². The minimum absolute atomic E-state index is 0.0955. The molecule has 0 bridgehead atoms. The molecule has 0 amide bonds. The molecule has 13 heavy (non-hydrogen) atoms. The van der Waals surface area contributed by atoms with Gasteiger partial charge in [-0.05, 0) is 18.9 Å². The Hall–Kier alpha value is -1.58. The van der Waals surface area contributed by atoms with Crippen molar-refractivity contribution in [2.75, 3.05) is 0 Å². The summed E-state index contributed by atoms with van der Waals surface area (Å²) in [5, 5.41) is 8.69. The predicted octanol–water partition coefficient (Wildman–Crippen LogP) is 0.493. The van der Waals surface area contributed by atoms with Gasteiger partial charge in [-0.15, -0.1) is 0 Å². The Morgan fingerprint density at radius 2 is 2.23 bits per heavy atom. The van der Waals surface area contributed by atoms with Crippen molar-refractivity contribution < 1.29 is 9.90 Å². The first-order valence-corrected chi connectivity index (χ1v) is 4.15. The fourth-order valence-electron chi connectivity index (χ4n) is 1.65. The Bertz CT molecular complexity index is 419. The lowest BCUT2D eigenvalue weighted by molar-refractivity contribution is 0.0696. The van der Waals surface area contributed by atoms with Crippen molar-refractivity contribution >= 4 is 5.97 Å². The lowest BCUT2D eigenvalue weighted by Crippen LogP contribution is -2.20. The van der Waals surface area contributed by atoms with Crippen LogP contribution in [0, 0.1) is 0 Å². The number of rotatable bonds is 1. The molecule has 2 rings (SSSR count). The molecule has 2 heterocycles. The molecule has 1 aliphatic heterocycles. The van der Waals surface area contributed by atoms with Gasteiger partial charge < -0.3 is 9.67 Å². The second kappa shape index (κ2) is 2.73. The summed E-state index contributed by atoms with van der Waals surface area (Å²) in [6.07, 6.45) is 1.73. The normalized spacial score (nSPS) is 14.2. The van der Waals surface area contributed by atoms with Crippen molar-refractivity contribution in [3.8, 4) is 0 Å². The molecule has 0 atom stereocenters. The van der Waals surface area contributed by atoms with E-state index in [1.807, 2.05) is 0 Å². The number of carbonyl (C=O) groups is 1. The van der Waals surface area contributed by atoms with Crippen LogP contribution < -0.4 is 5.56 Å². The maximum atomic E-state index is 11.3. The number of pyridine rings is 1. The van der Waals surface area contributed by atoms with E-state index in [4.69, 9.17) is 5.11 Å². The zero-order valence-corrected chi connectivity index (χ0v) is 6.99. The van der Waals surface area contributed by atoms with E-state index < -0.39 is 5.97 Å². The summed E-state index contributed by atoms with van der Waals surface area (Å²) in [4.78, 5) is 21.9. The van der Waals surface area contributed by atoms with E-state index in [-0.39, 0.29) is 11.1 Å². The first-order chi connectivity index (χ1) is 6.18. The topological polar surface area (TPSA) is 59.3 Å². The Balaban J connectivity index is 2.62. The van der Waals surface area contributed by atoms with Gasteiger partial charge in [0.25, 0.3) is 5.56 Å². The van der Waals surface area contributed by atoms with E-state index in [9.17, 15) is 9.59 Å². The van der Waals surface area contributed by atoms with Crippen LogP contribution in [0.15, 0.2) is 16.9 Å². The average molecular weight is 179 g/mol. The fraction of sp³-hybridized carbons (Fsp3) is 0.333. The van der Waals surface area contributed by atoms with Crippen LogP contribution in [0.2, 0.25) is 0 Å². The molecular weight excluding hydrogens is 170 g/mol. The summed E-state index contributed by atoms with van der Waals surface area (Å²) in [5.74, 6) is -1.03. The molecule has 0 unspecified atom stereocenters. The summed E-state index contributed by atoms with van der Waals surface area (Å²) < 4.78 is 1.63. The van der Waals surface area contributed by atoms with E-state index in [1.165, 1.54) is 6.07 Å². The van der Waals surface area contributed by atoms with Gasteiger partial charge in [-0.1, -0.05) is 0 Å². The molecule has 0 saturated carbocycles. The van der Waals surface area contributed by atoms with Crippen LogP contribution in [-0.4, -0.2) is 15.6 Å². The van der Waals surface area contributed by atoms with Gasteiger partial charge in [0, 0.05) is 18.3 Å². The summed E-state index contributed by atoms with van der Waals surface area (Å²) in [5.41, 5.74) is 0.732. The minimum atomic E-state index is -1.03. The van der Waals surface area contributed by atoms with E-state index >= 15 is 0 Å². The molecule has 0 aliphatic carbocycles. The first-order valence-electron chi connectivity index (χ1n) is 4.15. The van der Waals surface area contributed by atoms with E-state index in [2.05, 4.69) is 0 Å². The molecule has 4 nitrogen and oxygen atoms in total. The number of carboxylic acids is 1. The van der Waals surface area contributed by atoms with Gasteiger partial charge in [0.15, 0.2) is 0 Å². The molecule has 0 spiro atoms. The Labute approximate surface area is 74.4 Å². The summed E-state index contributed by atoms with van der Waals surface area (Å²) in [7, 11) is 0. The van der Waals surface area contributed by atoms with Crippen LogP contribution in [0.1, 0.15) is 22.5 Å². The van der Waals surface area contributed by atoms with E-state index in [1.54, 1.807) is 10.6 Å². The van der Waals surface area contributed by atoms with Gasteiger partial charge in [-0.3, -0.25) is 4.79 Å². The molecule has 1 aromatic rings. The maximum Gasteiger partial charge on any atom is 0.335 e. The number of aromatic carboxylic acids is 1. The Morgan fingerprint density at radius 3 is 2.92 bits per heavy atom. The SMILES string of the molecule is O=C(O)c1cc2n(c(=O)c1)CCC2. The van der Waals surface area contributed by atoms with Crippen molar-refractivity contribution in [2.24, 2.45) is 0 Å². The van der Waals surface area contributed by atoms with Crippen molar-refractivity contribution in [3.63, 3.8) is 0 Å². The first kappa shape index (κ1) is 8.04. The van der Waals surface area contributed by atoms with Crippen molar-refractivity contribution in [1.82, 2.24) is 4.57 Å². The quantitative estimate of drug-likeness (QED) is 0.682. The minimum Gasteiger partial charge on any atom is -0.478 e. The smallest absolute Gasteiger partial charge is 0.335 e. The van der Waals surface area contributed by atoms with Crippen LogP contribution in [0.4, 0.5) is 0 Å².